The van der Waals surface area contributed by atoms with Crippen molar-refractivity contribution in [2.45, 2.75) is 38.3 Å². The number of pyridine rings is 1. The molecule has 1 aromatic carbocycles. The molecule has 1 aromatic heterocycles. The van der Waals surface area contributed by atoms with E-state index in [1.54, 1.807) is 12.3 Å². The van der Waals surface area contributed by atoms with Crippen molar-refractivity contribution in [3.05, 3.63) is 63.4 Å². The van der Waals surface area contributed by atoms with Gasteiger partial charge in [0.1, 0.15) is 6.04 Å². The summed E-state index contributed by atoms with van der Waals surface area (Å²) in [4.78, 5) is 18.4. The third kappa shape index (κ3) is 3.81. The second-order valence-corrected chi connectivity index (χ2v) is 7.18. The van der Waals surface area contributed by atoms with E-state index >= 15 is 0 Å². The Bertz CT molecular complexity index is 782. The summed E-state index contributed by atoms with van der Waals surface area (Å²) in [5.41, 5.74) is 2.78. The van der Waals surface area contributed by atoms with E-state index in [0.717, 1.165) is 29.7 Å². The number of carbonyl (C=O) groups is 1. The number of carboxylic acid groups (broad SMARTS) is 1. The fourth-order valence-electron chi connectivity index (χ4n) is 3.50. The predicted octanol–water partition coefficient (Wildman–Crippen LogP) is 4.73. The van der Waals surface area contributed by atoms with Crippen LogP contribution in [-0.4, -0.2) is 33.5 Å². The summed E-state index contributed by atoms with van der Waals surface area (Å²) in [5.74, 6) is -0.793. The van der Waals surface area contributed by atoms with E-state index in [-0.39, 0.29) is 6.04 Å². The quantitative estimate of drug-likeness (QED) is 0.835. The number of carboxylic acids is 1. The molecule has 0 radical (unpaired) electrons. The van der Waals surface area contributed by atoms with Crippen LogP contribution in [0.3, 0.4) is 0 Å². The average Bonchev–Trinajstić information content (AvgIpc) is 2.60. The standard InChI is InChI=1S/C19H20Cl2N2O2/c1-12-5-4-9-22-17(12)18(13-7-8-14(20)15(21)11-13)23-10-3-2-6-16(23)19(24)25/h4-5,7-9,11,16,18H,2-3,6,10H2,1H3,(H,24,25). The number of nitrogens with zero attached hydrogens (tertiary/aromatic N) is 2. The molecule has 2 heterocycles. The molecule has 0 bridgehead atoms. The fraction of sp³-hybridized carbons (Fsp3) is 0.368. The first kappa shape index (κ1) is 18.2. The number of halogens is 2. The van der Waals surface area contributed by atoms with Gasteiger partial charge in [-0.3, -0.25) is 14.7 Å². The summed E-state index contributed by atoms with van der Waals surface area (Å²) in [6.07, 6.45) is 4.27. The van der Waals surface area contributed by atoms with Gasteiger partial charge in [0.2, 0.25) is 0 Å². The van der Waals surface area contributed by atoms with Crippen molar-refractivity contribution in [1.29, 1.82) is 0 Å². The van der Waals surface area contributed by atoms with E-state index in [1.807, 2.05) is 36.1 Å². The van der Waals surface area contributed by atoms with Crippen LogP contribution in [0.4, 0.5) is 0 Å². The van der Waals surface area contributed by atoms with Crippen LogP contribution in [0.2, 0.25) is 10.0 Å². The molecule has 3 rings (SSSR count). The average molecular weight is 379 g/mol. The van der Waals surface area contributed by atoms with Crippen LogP contribution in [0.25, 0.3) is 0 Å². The molecule has 6 heteroatoms. The van der Waals surface area contributed by atoms with Gasteiger partial charge in [0.15, 0.2) is 0 Å². The summed E-state index contributed by atoms with van der Waals surface area (Å²) < 4.78 is 0. The van der Waals surface area contributed by atoms with Crippen molar-refractivity contribution in [2.24, 2.45) is 0 Å². The minimum absolute atomic E-state index is 0.266. The topological polar surface area (TPSA) is 53.4 Å². The number of hydrogen-bond donors (Lipinski definition) is 1. The molecule has 2 aromatic rings. The molecule has 0 spiro atoms. The monoisotopic (exact) mass is 378 g/mol. The van der Waals surface area contributed by atoms with Crippen LogP contribution < -0.4 is 0 Å². The summed E-state index contributed by atoms with van der Waals surface area (Å²) in [7, 11) is 0. The van der Waals surface area contributed by atoms with Gasteiger partial charge in [0.05, 0.1) is 21.8 Å². The van der Waals surface area contributed by atoms with Crippen molar-refractivity contribution < 1.29 is 9.90 Å². The lowest BCUT2D eigenvalue weighted by atomic mass is 9.92. The first-order valence-electron chi connectivity index (χ1n) is 8.34. The second kappa shape index (κ2) is 7.73. The van der Waals surface area contributed by atoms with Gasteiger partial charge in [-0.05, 0) is 55.6 Å². The molecular weight excluding hydrogens is 359 g/mol. The third-order valence-electron chi connectivity index (χ3n) is 4.73. The van der Waals surface area contributed by atoms with Crippen molar-refractivity contribution in [1.82, 2.24) is 9.88 Å². The van der Waals surface area contributed by atoms with E-state index in [4.69, 9.17) is 23.2 Å². The van der Waals surface area contributed by atoms with Crippen molar-refractivity contribution in [3.8, 4) is 0 Å². The van der Waals surface area contributed by atoms with Gasteiger partial charge < -0.3 is 5.11 Å². The van der Waals surface area contributed by atoms with E-state index < -0.39 is 12.0 Å². The maximum absolute atomic E-state index is 11.8. The highest BCUT2D eigenvalue weighted by molar-refractivity contribution is 6.42. The minimum atomic E-state index is -0.793. The lowest BCUT2D eigenvalue weighted by Gasteiger charge is -2.39. The number of aliphatic carboxylic acids is 1. The highest BCUT2D eigenvalue weighted by Crippen LogP contribution is 2.36. The van der Waals surface area contributed by atoms with Crippen LogP contribution >= 0.6 is 23.2 Å². The molecule has 1 saturated heterocycles. The van der Waals surface area contributed by atoms with E-state index in [9.17, 15) is 9.90 Å². The van der Waals surface area contributed by atoms with Crippen molar-refractivity contribution in [2.75, 3.05) is 6.54 Å². The Hall–Kier alpha value is -1.62. The molecule has 2 atom stereocenters. The van der Waals surface area contributed by atoms with E-state index in [2.05, 4.69) is 4.98 Å². The van der Waals surface area contributed by atoms with Gasteiger partial charge in [0, 0.05) is 6.20 Å². The Morgan fingerprint density at radius 2 is 2.08 bits per heavy atom. The van der Waals surface area contributed by atoms with Crippen molar-refractivity contribution in [3.63, 3.8) is 0 Å². The summed E-state index contributed by atoms with van der Waals surface area (Å²) in [6.45, 7) is 2.70. The van der Waals surface area contributed by atoms with Crippen molar-refractivity contribution >= 4 is 29.2 Å². The third-order valence-corrected chi connectivity index (χ3v) is 5.47. The van der Waals surface area contributed by atoms with Gasteiger partial charge in [-0.15, -0.1) is 0 Å². The SMILES string of the molecule is Cc1cccnc1C(c1ccc(Cl)c(Cl)c1)N1CCCCC1C(=O)O. The Balaban J connectivity index is 2.13. The number of rotatable bonds is 4. The number of likely N-dealkylation sites (tertiary alicyclic amines) is 1. The molecule has 25 heavy (non-hydrogen) atoms. The largest absolute Gasteiger partial charge is 0.480 e. The first-order valence-corrected chi connectivity index (χ1v) is 9.09. The first-order chi connectivity index (χ1) is 12.0. The minimum Gasteiger partial charge on any atom is -0.480 e. The predicted molar refractivity (Wildman–Crippen MR) is 99.3 cm³/mol. The number of aryl methyl sites for hydroxylation is 1. The number of aromatic nitrogens is 1. The van der Waals surface area contributed by atoms with Gasteiger partial charge >= 0.3 is 5.97 Å². The lowest BCUT2D eigenvalue weighted by molar-refractivity contribution is -0.145. The maximum atomic E-state index is 11.8. The Labute approximate surface area is 157 Å². The molecular formula is C19H20Cl2N2O2. The van der Waals surface area contributed by atoms with Crippen LogP contribution in [0.15, 0.2) is 36.5 Å². The highest BCUT2D eigenvalue weighted by Gasteiger charge is 2.36. The summed E-state index contributed by atoms with van der Waals surface area (Å²) in [6, 6.07) is 8.55. The fourth-order valence-corrected chi connectivity index (χ4v) is 3.81. The molecule has 1 fully saturated rings. The number of hydrogen-bond acceptors (Lipinski definition) is 3. The molecule has 0 aliphatic carbocycles. The molecule has 132 valence electrons. The highest BCUT2D eigenvalue weighted by atomic mass is 35.5. The van der Waals surface area contributed by atoms with Crippen LogP contribution in [0.1, 0.15) is 42.1 Å². The van der Waals surface area contributed by atoms with Gasteiger partial charge in [-0.2, -0.15) is 0 Å². The Morgan fingerprint density at radius 3 is 2.76 bits per heavy atom. The number of piperidine rings is 1. The Kier molecular flexibility index (Phi) is 5.62. The van der Waals surface area contributed by atoms with Crippen LogP contribution in [-0.2, 0) is 4.79 Å². The molecule has 2 unspecified atom stereocenters. The normalized spacial score (nSPS) is 19.6. The second-order valence-electron chi connectivity index (χ2n) is 6.37. The van der Waals surface area contributed by atoms with Gasteiger partial charge in [0.25, 0.3) is 0 Å². The zero-order valence-corrected chi connectivity index (χ0v) is 15.5. The lowest BCUT2D eigenvalue weighted by Crippen LogP contribution is -2.47. The summed E-state index contributed by atoms with van der Waals surface area (Å²) >= 11 is 12.3. The Morgan fingerprint density at radius 1 is 1.28 bits per heavy atom. The van der Waals surface area contributed by atoms with Gasteiger partial charge in [-0.25, -0.2) is 0 Å². The van der Waals surface area contributed by atoms with E-state index in [1.165, 1.54) is 0 Å². The van der Waals surface area contributed by atoms with Crippen LogP contribution in [0, 0.1) is 6.92 Å². The zero-order chi connectivity index (χ0) is 18.0. The molecule has 1 aliphatic heterocycles. The van der Waals surface area contributed by atoms with E-state index in [0.29, 0.717) is 23.0 Å². The molecule has 0 amide bonds. The molecule has 4 nitrogen and oxygen atoms in total. The molecule has 1 N–H and O–H groups in total. The maximum Gasteiger partial charge on any atom is 0.320 e. The number of benzene rings is 1. The van der Waals surface area contributed by atoms with Gasteiger partial charge in [-0.1, -0.05) is 41.8 Å². The van der Waals surface area contributed by atoms with Crippen LogP contribution in [0.5, 0.6) is 0 Å². The smallest absolute Gasteiger partial charge is 0.320 e. The molecule has 0 saturated carbocycles. The zero-order valence-electron chi connectivity index (χ0n) is 14.0. The molecule has 1 aliphatic rings. The summed E-state index contributed by atoms with van der Waals surface area (Å²) in [5, 5.41) is 10.7.